The van der Waals surface area contributed by atoms with E-state index < -0.39 is 0 Å². The Labute approximate surface area is 97.4 Å². The zero-order valence-electron chi connectivity index (χ0n) is 8.80. The van der Waals surface area contributed by atoms with Gasteiger partial charge in [0, 0.05) is 29.0 Å². The SMILES string of the molecule is CCc1cnc(NC(=O)c2ccncc2)s1. The fraction of sp³-hybridized carbons (Fsp3) is 0.182. The number of aromatic nitrogens is 2. The topological polar surface area (TPSA) is 54.9 Å². The molecule has 2 aromatic rings. The first kappa shape index (κ1) is 10.8. The summed E-state index contributed by atoms with van der Waals surface area (Å²) in [5.74, 6) is -0.153. The van der Waals surface area contributed by atoms with Crippen molar-refractivity contribution in [1.82, 2.24) is 9.97 Å². The number of nitrogens with zero attached hydrogens (tertiary/aromatic N) is 2. The van der Waals surface area contributed by atoms with Gasteiger partial charge in [-0.15, -0.1) is 11.3 Å². The second kappa shape index (κ2) is 4.85. The lowest BCUT2D eigenvalue weighted by Gasteiger charge is -1.99. The Hall–Kier alpha value is -1.75. The van der Waals surface area contributed by atoms with Crippen LogP contribution in [0.15, 0.2) is 30.7 Å². The fourth-order valence-corrected chi connectivity index (χ4v) is 1.95. The maximum Gasteiger partial charge on any atom is 0.257 e. The lowest BCUT2D eigenvalue weighted by molar-refractivity contribution is 0.102. The van der Waals surface area contributed by atoms with E-state index in [-0.39, 0.29) is 5.91 Å². The summed E-state index contributed by atoms with van der Waals surface area (Å²) in [5.41, 5.74) is 0.586. The monoisotopic (exact) mass is 233 g/mol. The number of thiazole rings is 1. The summed E-state index contributed by atoms with van der Waals surface area (Å²) in [6.45, 7) is 2.06. The van der Waals surface area contributed by atoms with Gasteiger partial charge in [0.2, 0.25) is 0 Å². The van der Waals surface area contributed by atoms with Crippen molar-refractivity contribution < 1.29 is 4.79 Å². The smallest absolute Gasteiger partial charge is 0.257 e. The standard InChI is InChI=1S/C11H11N3OS/c1-2-9-7-13-11(16-9)14-10(15)8-3-5-12-6-4-8/h3-7H,2H2,1H3,(H,13,14,15). The molecule has 82 valence electrons. The third kappa shape index (κ3) is 2.43. The number of anilines is 1. The number of hydrogen-bond donors (Lipinski definition) is 1. The minimum atomic E-state index is -0.153. The first-order chi connectivity index (χ1) is 7.79. The van der Waals surface area contributed by atoms with Crippen LogP contribution in [0.25, 0.3) is 0 Å². The average molecular weight is 233 g/mol. The summed E-state index contributed by atoms with van der Waals surface area (Å²) < 4.78 is 0. The van der Waals surface area contributed by atoms with Gasteiger partial charge in [0.25, 0.3) is 5.91 Å². The summed E-state index contributed by atoms with van der Waals surface area (Å²) in [4.78, 5) is 20.9. The number of carbonyl (C=O) groups excluding carboxylic acids is 1. The molecule has 2 rings (SSSR count). The molecule has 5 heteroatoms. The van der Waals surface area contributed by atoms with Gasteiger partial charge < -0.3 is 0 Å². The van der Waals surface area contributed by atoms with Crippen molar-refractivity contribution in [3.05, 3.63) is 41.2 Å². The molecule has 0 saturated carbocycles. The van der Waals surface area contributed by atoms with Gasteiger partial charge in [0.15, 0.2) is 5.13 Å². The van der Waals surface area contributed by atoms with Crippen LogP contribution in [0.2, 0.25) is 0 Å². The number of hydrogen-bond acceptors (Lipinski definition) is 4. The molecule has 0 saturated heterocycles. The normalized spacial score (nSPS) is 10.1. The minimum absolute atomic E-state index is 0.153. The molecule has 0 bridgehead atoms. The van der Waals surface area contributed by atoms with Crippen molar-refractivity contribution in [2.45, 2.75) is 13.3 Å². The Balaban J connectivity index is 2.08. The molecule has 1 N–H and O–H groups in total. The lowest BCUT2D eigenvalue weighted by Crippen LogP contribution is -2.11. The molecule has 0 aliphatic rings. The predicted octanol–water partition coefficient (Wildman–Crippen LogP) is 2.35. The van der Waals surface area contributed by atoms with E-state index in [9.17, 15) is 4.79 Å². The van der Waals surface area contributed by atoms with Crippen molar-refractivity contribution in [2.24, 2.45) is 0 Å². The molecular weight excluding hydrogens is 222 g/mol. The van der Waals surface area contributed by atoms with Crippen LogP contribution in [0.1, 0.15) is 22.2 Å². The van der Waals surface area contributed by atoms with E-state index in [2.05, 4.69) is 22.2 Å². The fourth-order valence-electron chi connectivity index (χ4n) is 1.20. The molecular formula is C11H11N3OS. The van der Waals surface area contributed by atoms with E-state index in [4.69, 9.17) is 0 Å². The van der Waals surface area contributed by atoms with Gasteiger partial charge in [-0.3, -0.25) is 15.1 Å². The molecule has 0 atom stereocenters. The molecule has 0 unspecified atom stereocenters. The van der Waals surface area contributed by atoms with Crippen molar-refractivity contribution in [3.8, 4) is 0 Å². The van der Waals surface area contributed by atoms with Gasteiger partial charge in [-0.25, -0.2) is 4.98 Å². The highest BCUT2D eigenvalue weighted by molar-refractivity contribution is 7.15. The van der Waals surface area contributed by atoms with Crippen LogP contribution in [0.5, 0.6) is 0 Å². The van der Waals surface area contributed by atoms with Crippen molar-refractivity contribution >= 4 is 22.4 Å². The van der Waals surface area contributed by atoms with E-state index in [0.29, 0.717) is 10.7 Å². The Bertz CT molecular complexity index is 481. The molecule has 0 aliphatic carbocycles. The molecule has 16 heavy (non-hydrogen) atoms. The van der Waals surface area contributed by atoms with Crippen molar-refractivity contribution in [2.75, 3.05) is 5.32 Å². The molecule has 0 fully saturated rings. The predicted molar refractivity (Wildman–Crippen MR) is 63.7 cm³/mol. The molecule has 4 nitrogen and oxygen atoms in total. The third-order valence-corrected chi connectivity index (χ3v) is 3.12. The van der Waals surface area contributed by atoms with Crippen LogP contribution in [0, 0.1) is 0 Å². The van der Waals surface area contributed by atoms with Crippen molar-refractivity contribution in [1.29, 1.82) is 0 Å². The molecule has 0 aromatic carbocycles. The number of pyridine rings is 1. The summed E-state index contributed by atoms with van der Waals surface area (Å²) in [6.07, 6.45) is 5.90. The second-order valence-electron chi connectivity index (χ2n) is 3.18. The Morgan fingerprint density at radius 2 is 2.19 bits per heavy atom. The maximum atomic E-state index is 11.7. The maximum absolute atomic E-state index is 11.7. The van der Waals surface area contributed by atoms with E-state index in [1.54, 1.807) is 30.7 Å². The first-order valence-corrected chi connectivity index (χ1v) is 5.77. The minimum Gasteiger partial charge on any atom is -0.298 e. The second-order valence-corrected chi connectivity index (χ2v) is 4.29. The largest absolute Gasteiger partial charge is 0.298 e. The van der Waals surface area contributed by atoms with E-state index in [1.165, 1.54) is 11.3 Å². The van der Waals surface area contributed by atoms with Gasteiger partial charge in [-0.1, -0.05) is 6.92 Å². The van der Waals surface area contributed by atoms with E-state index in [0.717, 1.165) is 11.3 Å². The van der Waals surface area contributed by atoms with Gasteiger partial charge >= 0.3 is 0 Å². The molecule has 2 aromatic heterocycles. The molecule has 2 heterocycles. The summed E-state index contributed by atoms with van der Waals surface area (Å²) >= 11 is 1.50. The number of nitrogens with one attached hydrogen (secondary N) is 1. The Morgan fingerprint density at radius 3 is 2.81 bits per heavy atom. The Morgan fingerprint density at radius 1 is 1.44 bits per heavy atom. The summed E-state index contributed by atoms with van der Waals surface area (Å²) in [6, 6.07) is 3.34. The van der Waals surface area contributed by atoms with Crippen molar-refractivity contribution in [3.63, 3.8) is 0 Å². The van der Waals surface area contributed by atoms with Crippen LogP contribution in [-0.4, -0.2) is 15.9 Å². The highest BCUT2D eigenvalue weighted by Crippen LogP contribution is 2.18. The third-order valence-electron chi connectivity index (χ3n) is 2.06. The van der Waals surface area contributed by atoms with Gasteiger partial charge in [-0.05, 0) is 18.6 Å². The number of amides is 1. The van der Waals surface area contributed by atoms with E-state index >= 15 is 0 Å². The van der Waals surface area contributed by atoms with Crippen LogP contribution in [-0.2, 0) is 6.42 Å². The lowest BCUT2D eigenvalue weighted by atomic mass is 10.2. The van der Waals surface area contributed by atoms with Crippen LogP contribution < -0.4 is 5.32 Å². The highest BCUT2D eigenvalue weighted by Gasteiger charge is 2.07. The van der Waals surface area contributed by atoms with E-state index in [1.807, 2.05) is 0 Å². The Kier molecular flexibility index (Phi) is 3.26. The average Bonchev–Trinajstić information content (AvgIpc) is 2.78. The number of rotatable bonds is 3. The zero-order valence-corrected chi connectivity index (χ0v) is 9.62. The zero-order chi connectivity index (χ0) is 11.4. The van der Waals surface area contributed by atoms with Crippen LogP contribution in [0.3, 0.4) is 0 Å². The highest BCUT2D eigenvalue weighted by atomic mass is 32.1. The van der Waals surface area contributed by atoms with Gasteiger partial charge in [0.1, 0.15) is 0 Å². The quantitative estimate of drug-likeness (QED) is 0.885. The summed E-state index contributed by atoms with van der Waals surface area (Å²) in [7, 11) is 0. The molecule has 0 spiro atoms. The molecule has 1 amide bonds. The number of carbonyl (C=O) groups is 1. The van der Waals surface area contributed by atoms with Crippen LogP contribution >= 0.6 is 11.3 Å². The first-order valence-electron chi connectivity index (χ1n) is 4.95. The van der Waals surface area contributed by atoms with Gasteiger partial charge in [-0.2, -0.15) is 0 Å². The number of aryl methyl sites for hydroxylation is 1. The van der Waals surface area contributed by atoms with Crippen LogP contribution in [0.4, 0.5) is 5.13 Å². The van der Waals surface area contributed by atoms with Gasteiger partial charge in [0.05, 0.1) is 0 Å². The molecule has 0 aliphatic heterocycles. The summed E-state index contributed by atoms with van der Waals surface area (Å²) in [5, 5.41) is 3.39. The molecule has 0 radical (unpaired) electrons.